The van der Waals surface area contributed by atoms with E-state index >= 15 is 0 Å². The minimum atomic E-state index is -0.313. The Morgan fingerprint density at radius 3 is 2.44 bits per heavy atom. The predicted octanol–water partition coefficient (Wildman–Crippen LogP) is 1.58. The van der Waals surface area contributed by atoms with E-state index in [2.05, 4.69) is 19.2 Å². The monoisotopic (exact) mass is 254 g/mol. The van der Waals surface area contributed by atoms with Crippen molar-refractivity contribution in [2.24, 2.45) is 11.1 Å². The Hall–Kier alpha value is -0.610. The van der Waals surface area contributed by atoms with Gasteiger partial charge >= 0.3 is 0 Å². The molecule has 3 N–H and O–H groups in total. The van der Waals surface area contributed by atoms with E-state index in [1.54, 1.807) is 0 Å². The third-order valence-electron chi connectivity index (χ3n) is 4.14. The number of amides is 1. The summed E-state index contributed by atoms with van der Waals surface area (Å²) in [6, 6.07) is 0.170. The molecular weight excluding hydrogens is 228 g/mol. The fourth-order valence-corrected chi connectivity index (χ4v) is 2.52. The zero-order chi connectivity index (χ0) is 13.2. The zero-order valence-electron chi connectivity index (χ0n) is 11.6. The van der Waals surface area contributed by atoms with Crippen LogP contribution in [0.25, 0.3) is 0 Å². The molecule has 2 saturated carbocycles. The first-order valence-electron chi connectivity index (χ1n) is 7.13. The van der Waals surface area contributed by atoms with Crippen LogP contribution in [0.1, 0.15) is 52.4 Å². The van der Waals surface area contributed by atoms with Crippen LogP contribution >= 0.6 is 0 Å². The first-order chi connectivity index (χ1) is 8.46. The van der Waals surface area contributed by atoms with Crippen molar-refractivity contribution >= 4 is 5.91 Å². The highest BCUT2D eigenvalue weighted by Crippen LogP contribution is 2.36. The van der Waals surface area contributed by atoms with Crippen LogP contribution in [0.3, 0.4) is 0 Å². The third kappa shape index (κ3) is 4.25. The van der Waals surface area contributed by atoms with Crippen molar-refractivity contribution in [1.29, 1.82) is 0 Å². The summed E-state index contributed by atoms with van der Waals surface area (Å²) in [6.07, 6.45) is 7.22. The Kier molecular flexibility index (Phi) is 4.28. The van der Waals surface area contributed by atoms with Crippen molar-refractivity contribution in [3.8, 4) is 0 Å². The van der Waals surface area contributed by atoms with Gasteiger partial charge in [-0.2, -0.15) is 0 Å². The van der Waals surface area contributed by atoms with E-state index in [1.165, 1.54) is 12.8 Å². The quantitative estimate of drug-likeness (QED) is 0.756. The number of ether oxygens (including phenoxy) is 1. The Balaban J connectivity index is 1.70. The molecule has 0 aliphatic heterocycles. The van der Waals surface area contributed by atoms with Gasteiger partial charge in [-0.3, -0.25) is 4.79 Å². The summed E-state index contributed by atoms with van der Waals surface area (Å²) >= 11 is 0. The van der Waals surface area contributed by atoms with Crippen LogP contribution in [0.15, 0.2) is 0 Å². The lowest BCUT2D eigenvalue weighted by atomic mass is 9.76. The fourth-order valence-electron chi connectivity index (χ4n) is 2.52. The molecule has 2 aliphatic carbocycles. The number of nitrogens with one attached hydrogen (secondary N) is 1. The van der Waals surface area contributed by atoms with Crippen LogP contribution in [0, 0.1) is 5.41 Å². The van der Waals surface area contributed by atoms with Crippen molar-refractivity contribution in [3.05, 3.63) is 0 Å². The molecule has 2 fully saturated rings. The van der Waals surface area contributed by atoms with Gasteiger partial charge in [0.15, 0.2) is 0 Å². The molecule has 4 heteroatoms. The highest BCUT2D eigenvalue weighted by atomic mass is 16.5. The summed E-state index contributed by atoms with van der Waals surface area (Å²) in [7, 11) is 0. The second-order valence-corrected chi connectivity index (χ2v) is 6.59. The topological polar surface area (TPSA) is 64.3 Å². The van der Waals surface area contributed by atoms with E-state index in [-0.39, 0.29) is 11.9 Å². The smallest absolute Gasteiger partial charge is 0.236 e. The number of primary amides is 1. The second kappa shape index (κ2) is 5.57. The molecule has 4 nitrogen and oxygen atoms in total. The van der Waals surface area contributed by atoms with Crippen LogP contribution in [-0.2, 0) is 9.53 Å². The number of carbonyl (C=O) groups excluding carboxylic acids is 1. The Labute approximate surface area is 110 Å². The molecule has 0 heterocycles. The van der Waals surface area contributed by atoms with Gasteiger partial charge in [0.05, 0.1) is 12.7 Å². The third-order valence-corrected chi connectivity index (χ3v) is 4.14. The van der Waals surface area contributed by atoms with E-state index in [9.17, 15) is 4.79 Å². The van der Waals surface area contributed by atoms with Gasteiger partial charge in [-0.1, -0.05) is 13.8 Å². The molecule has 0 aromatic carbocycles. The number of nitrogens with two attached hydrogens (primary N) is 1. The molecule has 0 radical (unpaired) electrons. The summed E-state index contributed by atoms with van der Waals surface area (Å²) in [5.74, 6) is -0.293. The Morgan fingerprint density at radius 2 is 1.94 bits per heavy atom. The lowest BCUT2D eigenvalue weighted by Crippen LogP contribution is -2.46. The fraction of sp³-hybridized carbons (Fsp3) is 0.929. The molecule has 2 aliphatic rings. The number of hydrogen-bond acceptors (Lipinski definition) is 3. The molecule has 0 aromatic heterocycles. The molecule has 1 amide bonds. The maximum absolute atomic E-state index is 11.3. The summed E-state index contributed by atoms with van der Waals surface area (Å²) in [5, 5.41) is 3.25. The molecule has 0 aromatic rings. The van der Waals surface area contributed by atoms with Gasteiger partial charge in [-0.15, -0.1) is 0 Å². The van der Waals surface area contributed by atoms with Gasteiger partial charge in [0, 0.05) is 6.04 Å². The highest BCUT2D eigenvalue weighted by Gasteiger charge is 2.30. The van der Waals surface area contributed by atoms with Gasteiger partial charge in [0.1, 0.15) is 6.04 Å². The number of carbonyl (C=O) groups is 1. The molecular formula is C14H26N2O2. The van der Waals surface area contributed by atoms with Crippen molar-refractivity contribution in [1.82, 2.24) is 5.32 Å². The Bertz CT molecular complexity index is 290. The Morgan fingerprint density at radius 1 is 1.33 bits per heavy atom. The summed E-state index contributed by atoms with van der Waals surface area (Å²) < 4.78 is 5.87. The average molecular weight is 254 g/mol. The molecule has 1 unspecified atom stereocenters. The van der Waals surface area contributed by atoms with E-state index in [0.29, 0.717) is 24.2 Å². The van der Waals surface area contributed by atoms with Gasteiger partial charge in [0.25, 0.3) is 0 Å². The van der Waals surface area contributed by atoms with Crippen molar-refractivity contribution in [2.75, 3.05) is 6.61 Å². The summed E-state index contributed by atoms with van der Waals surface area (Å²) in [4.78, 5) is 11.3. The van der Waals surface area contributed by atoms with E-state index in [0.717, 1.165) is 25.7 Å². The number of hydrogen-bond donors (Lipinski definition) is 2. The van der Waals surface area contributed by atoms with Gasteiger partial charge in [0.2, 0.25) is 5.91 Å². The summed E-state index contributed by atoms with van der Waals surface area (Å²) in [6.45, 7) is 5.05. The molecule has 2 rings (SSSR count). The zero-order valence-corrected chi connectivity index (χ0v) is 11.6. The molecule has 0 spiro atoms. The van der Waals surface area contributed by atoms with Gasteiger partial charge in [-0.25, -0.2) is 0 Å². The van der Waals surface area contributed by atoms with Crippen molar-refractivity contribution < 1.29 is 9.53 Å². The predicted molar refractivity (Wildman–Crippen MR) is 71.1 cm³/mol. The van der Waals surface area contributed by atoms with Crippen LogP contribution in [0.4, 0.5) is 0 Å². The van der Waals surface area contributed by atoms with Gasteiger partial charge in [-0.05, 0) is 43.9 Å². The number of rotatable bonds is 6. The van der Waals surface area contributed by atoms with E-state index in [4.69, 9.17) is 10.5 Å². The first-order valence-corrected chi connectivity index (χ1v) is 7.13. The summed E-state index contributed by atoms with van der Waals surface area (Å²) in [5.41, 5.74) is 5.84. The van der Waals surface area contributed by atoms with Crippen LogP contribution < -0.4 is 11.1 Å². The average Bonchev–Trinajstić information content (AvgIpc) is 3.09. The van der Waals surface area contributed by atoms with Gasteiger partial charge < -0.3 is 15.8 Å². The van der Waals surface area contributed by atoms with Crippen molar-refractivity contribution in [2.45, 2.75) is 70.6 Å². The molecule has 18 heavy (non-hydrogen) atoms. The minimum Gasteiger partial charge on any atom is -0.376 e. The maximum Gasteiger partial charge on any atom is 0.236 e. The van der Waals surface area contributed by atoms with Crippen LogP contribution in [0.2, 0.25) is 0 Å². The van der Waals surface area contributed by atoms with E-state index < -0.39 is 0 Å². The van der Waals surface area contributed by atoms with Crippen molar-refractivity contribution in [3.63, 3.8) is 0 Å². The SMILES string of the molecule is CC1(C)CCC(OCC(NC2CC2)C(N)=O)CC1. The molecule has 0 bridgehead atoms. The molecule has 104 valence electrons. The normalized spacial score (nSPS) is 25.9. The van der Waals surface area contributed by atoms with E-state index in [1.807, 2.05) is 0 Å². The largest absolute Gasteiger partial charge is 0.376 e. The lowest BCUT2D eigenvalue weighted by molar-refractivity contribution is -0.122. The molecule has 0 saturated heterocycles. The molecule has 1 atom stereocenters. The maximum atomic E-state index is 11.3. The van der Waals surface area contributed by atoms with Crippen LogP contribution in [-0.4, -0.2) is 30.7 Å². The minimum absolute atomic E-state index is 0.293. The lowest BCUT2D eigenvalue weighted by Gasteiger charge is -2.34. The highest BCUT2D eigenvalue weighted by molar-refractivity contribution is 5.80. The van der Waals surface area contributed by atoms with Crippen LogP contribution in [0.5, 0.6) is 0 Å². The second-order valence-electron chi connectivity index (χ2n) is 6.59. The standard InChI is InChI=1S/C14H26N2O2/c1-14(2)7-5-11(6-8-14)18-9-12(13(15)17)16-10-3-4-10/h10-12,16H,3-9H2,1-2H3,(H2,15,17). The first kappa shape index (κ1) is 13.8.